The number of nitrogens with zero attached hydrogens (tertiary/aromatic N) is 1. The van der Waals surface area contributed by atoms with Crippen LogP contribution in [0.25, 0.3) is 33.2 Å². The maximum absolute atomic E-state index is 6.62. The molecular formula is C22H16ClNO. The normalized spacial score (nSPS) is 10.8. The highest BCUT2D eigenvalue weighted by Gasteiger charge is 2.17. The number of hydrogen-bond donors (Lipinski definition) is 0. The molecule has 25 heavy (non-hydrogen) atoms. The largest absolute Gasteiger partial charge is 0.497 e. The number of fused-ring (bicyclic) bond motifs is 1. The molecule has 4 rings (SSSR count). The SMILES string of the molecule is COc1ccc(-c2c(Cl)nc3ccccc3c2-c2ccccc2)cc1. The number of hydrogen-bond acceptors (Lipinski definition) is 2. The molecule has 0 radical (unpaired) electrons. The van der Waals surface area contributed by atoms with Crippen LogP contribution < -0.4 is 4.74 Å². The number of para-hydroxylation sites is 1. The number of pyridine rings is 1. The molecule has 0 aliphatic rings. The lowest BCUT2D eigenvalue weighted by Gasteiger charge is -2.15. The van der Waals surface area contributed by atoms with Crippen LogP contribution in [0.5, 0.6) is 5.75 Å². The van der Waals surface area contributed by atoms with Gasteiger partial charge in [0.15, 0.2) is 0 Å². The minimum atomic E-state index is 0.503. The van der Waals surface area contributed by atoms with Crippen molar-refractivity contribution in [2.75, 3.05) is 7.11 Å². The number of ether oxygens (including phenoxy) is 1. The zero-order valence-corrected chi connectivity index (χ0v) is 14.5. The van der Waals surface area contributed by atoms with Gasteiger partial charge in [0, 0.05) is 16.5 Å². The van der Waals surface area contributed by atoms with Crippen LogP contribution in [0.1, 0.15) is 0 Å². The van der Waals surface area contributed by atoms with Crippen molar-refractivity contribution in [2.24, 2.45) is 0 Å². The van der Waals surface area contributed by atoms with E-state index in [0.717, 1.165) is 38.9 Å². The van der Waals surface area contributed by atoms with E-state index >= 15 is 0 Å². The Bertz CT molecular complexity index is 1030. The van der Waals surface area contributed by atoms with Crippen molar-refractivity contribution < 1.29 is 4.74 Å². The van der Waals surface area contributed by atoms with Crippen LogP contribution in [0.15, 0.2) is 78.9 Å². The Labute approximate surface area is 151 Å². The molecule has 0 saturated carbocycles. The van der Waals surface area contributed by atoms with Gasteiger partial charge in [-0.3, -0.25) is 0 Å². The van der Waals surface area contributed by atoms with Crippen LogP contribution in [-0.4, -0.2) is 12.1 Å². The molecule has 0 bridgehead atoms. The lowest BCUT2D eigenvalue weighted by molar-refractivity contribution is 0.415. The summed E-state index contributed by atoms with van der Waals surface area (Å²) in [5.41, 5.74) is 5.07. The van der Waals surface area contributed by atoms with Gasteiger partial charge in [-0.05, 0) is 29.3 Å². The molecule has 0 saturated heterocycles. The van der Waals surface area contributed by atoms with Crippen molar-refractivity contribution in [1.82, 2.24) is 4.98 Å². The van der Waals surface area contributed by atoms with Gasteiger partial charge in [-0.25, -0.2) is 4.98 Å². The van der Waals surface area contributed by atoms with E-state index in [1.807, 2.05) is 60.7 Å². The average molecular weight is 346 g/mol. The first-order chi connectivity index (χ1) is 12.3. The first kappa shape index (κ1) is 15.7. The molecule has 2 nitrogen and oxygen atoms in total. The summed E-state index contributed by atoms with van der Waals surface area (Å²) in [6.07, 6.45) is 0. The van der Waals surface area contributed by atoms with E-state index in [4.69, 9.17) is 16.3 Å². The van der Waals surface area contributed by atoms with E-state index in [2.05, 4.69) is 23.2 Å². The average Bonchev–Trinajstić information content (AvgIpc) is 2.68. The Morgan fingerprint density at radius 1 is 0.720 bits per heavy atom. The fourth-order valence-corrected chi connectivity index (χ4v) is 3.40. The summed E-state index contributed by atoms with van der Waals surface area (Å²) in [6, 6.07) is 26.3. The van der Waals surface area contributed by atoms with Gasteiger partial charge in [0.2, 0.25) is 0 Å². The summed E-state index contributed by atoms with van der Waals surface area (Å²) >= 11 is 6.62. The summed E-state index contributed by atoms with van der Waals surface area (Å²) < 4.78 is 5.27. The number of methoxy groups -OCH3 is 1. The summed E-state index contributed by atoms with van der Waals surface area (Å²) in [7, 11) is 1.66. The van der Waals surface area contributed by atoms with Crippen molar-refractivity contribution in [1.29, 1.82) is 0 Å². The van der Waals surface area contributed by atoms with Crippen LogP contribution >= 0.6 is 11.6 Å². The second kappa shape index (κ2) is 6.58. The van der Waals surface area contributed by atoms with Crippen LogP contribution in [0, 0.1) is 0 Å². The van der Waals surface area contributed by atoms with Gasteiger partial charge in [0.1, 0.15) is 10.9 Å². The van der Waals surface area contributed by atoms with Gasteiger partial charge in [-0.15, -0.1) is 0 Å². The van der Waals surface area contributed by atoms with Gasteiger partial charge < -0.3 is 4.74 Å². The van der Waals surface area contributed by atoms with E-state index in [1.165, 1.54) is 0 Å². The number of halogens is 1. The molecule has 0 aliphatic carbocycles. The van der Waals surface area contributed by atoms with Crippen LogP contribution in [0.3, 0.4) is 0 Å². The van der Waals surface area contributed by atoms with Gasteiger partial charge >= 0.3 is 0 Å². The second-order valence-corrected chi connectivity index (χ2v) is 6.12. The number of rotatable bonds is 3. The van der Waals surface area contributed by atoms with E-state index in [1.54, 1.807) is 7.11 Å². The Morgan fingerprint density at radius 2 is 1.36 bits per heavy atom. The monoisotopic (exact) mass is 345 g/mol. The molecule has 4 aromatic rings. The maximum atomic E-state index is 6.62. The van der Waals surface area contributed by atoms with Crippen molar-refractivity contribution in [3.05, 3.63) is 84.0 Å². The minimum absolute atomic E-state index is 0.503. The molecule has 0 fully saturated rings. The topological polar surface area (TPSA) is 22.1 Å². The van der Waals surface area contributed by atoms with E-state index < -0.39 is 0 Å². The highest BCUT2D eigenvalue weighted by Crippen LogP contribution is 2.41. The third kappa shape index (κ3) is 2.86. The smallest absolute Gasteiger partial charge is 0.138 e. The Morgan fingerprint density at radius 3 is 2.08 bits per heavy atom. The molecule has 1 heterocycles. The van der Waals surface area contributed by atoms with Gasteiger partial charge in [0.05, 0.1) is 12.6 Å². The third-order valence-corrected chi connectivity index (χ3v) is 4.56. The molecule has 3 aromatic carbocycles. The zero-order chi connectivity index (χ0) is 17.2. The van der Waals surface area contributed by atoms with Gasteiger partial charge in [0.25, 0.3) is 0 Å². The lowest BCUT2D eigenvalue weighted by Crippen LogP contribution is -1.93. The Hall–Kier alpha value is -2.84. The maximum Gasteiger partial charge on any atom is 0.138 e. The van der Waals surface area contributed by atoms with E-state index in [-0.39, 0.29) is 0 Å². The predicted octanol–water partition coefficient (Wildman–Crippen LogP) is 6.23. The van der Waals surface area contributed by atoms with Gasteiger partial charge in [-0.1, -0.05) is 72.3 Å². The first-order valence-corrected chi connectivity index (χ1v) is 8.44. The molecule has 1 aromatic heterocycles. The van der Waals surface area contributed by atoms with Crippen LogP contribution in [-0.2, 0) is 0 Å². The molecule has 3 heteroatoms. The lowest BCUT2D eigenvalue weighted by atomic mass is 9.92. The minimum Gasteiger partial charge on any atom is -0.497 e. The van der Waals surface area contributed by atoms with E-state index in [9.17, 15) is 0 Å². The standard InChI is InChI=1S/C22H16ClNO/c1-25-17-13-11-16(12-14-17)21-20(15-7-3-2-4-8-15)18-9-5-6-10-19(18)24-22(21)23/h2-14H,1H3. The molecular weight excluding hydrogens is 330 g/mol. The highest BCUT2D eigenvalue weighted by molar-refractivity contribution is 6.34. The molecule has 0 aliphatic heterocycles. The zero-order valence-electron chi connectivity index (χ0n) is 13.7. The van der Waals surface area contributed by atoms with Gasteiger partial charge in [-0.2, -0.15) is 0 Å². The predicted molar refractivity (Wildman–Crippen MR) is 104 cm³/mol. The Balaban J connectivity index is 2.07. The first-order valence-electron chi connectivity index (χ1n) is 8.06. The van der Waals surface area contributed by atoms with Crippen LogP contribution in [0.4, 0.5) is 0 Å². The van der Waals surface area contributed by atoms with Crippen molar-refractivity contribution in [3.63, 3.8) is 0 Å². The quantitative estimate of drug-likeness (QED) is 0.410. The van der Waals surface area contributed by atoms with E-state index in [0.29, 0.717) is 5.15 Å². The van der Waals surface area contributed by atoms with Crippen molar-refractivity contribution in [3.8, 4) is 28.0 Å². The molecule has 0 atom stereocenters. The van der Waals surface area contributed by atoms with Crippen molar-refractivity contribution in [2.45, 2.75) is 0 Å². The summed E-state index contributed by atoms with van der Waals surface area (Å²) in [5, 5.41) is 1.59. The van der Waals surface area contributed by atoms with Crippen molar-refractivity contribution >= 4 is 22.5 Å². The van der Waals surface area contributed by atoms with Crippen LogP contribution in [0.2, 0.25) is 5.15 Å². The second-order valence-electron chi connectivity index (χ2n) is 5.76. The fourth-order valence-electron chi connectivity index (χ4n) is 3.11. The molecule has 0 spiro atoms. The highest BCUT2D eigenvalue weighted by atomic mass is 35.5. The summed E-state index contributed by atoms with van der Waals surface area (Å²) in [5.74, 6) is 0.815. The molecule has 0 unspecified atom stereocenters. The summed E-state index contributed by atoms with van der Waals surface area (Å²) in [4.78, 5) is 4.61. The number of benzene rings is 3. The fraction of sp³-hybridized carbons (Fsp3) is 0.0455. The molecule has 0 amide bonds. The molecule has 122 valence electrons. The third-order valence-electron chi connectivity index (χ3n) is 4.29. The summed E-state index contributed by atoms with van der Waals surface area (Å²) in [6.45, 7) is 0. The Kier molecular flexibility index (Phi) is 4.12. The number of aromatic nitrogens is 1. The molecule has 0 N–H and O–H groups in total.